The normalized spacial score (nSPS) is 10.4. The van der Waals surface area contributed by atoms with Gasteiger partial charge >= 0.3 is 0 Å². The van der Waals surface area contributed by atoms with E-state index in [9.17, 15) is 9.18 Å². The Kier molecular flexibility index (Phi) is 6.92. The second-order valence-corrected chi connectivity index (χ2v) is 4.08. The molecular weight excluding hydrogens is 265 g/mol. The van der Waals surface area contributed by atoms with Gasteiger partial charge in [-0.05, 0) is 12.1 Å². The third-order valence-electron chi connectivity index (χ3n) is 2.81. The number of ether oxygens (including phenoxy) is 2. The number of nitrogen functional groups attached to an aromatic ring is 1. The topological polar surface area (TPSA) is 76.8 Å². The summed E-state index contributed by atoms with van der Waals surface area (Å²) in [6.07, 6.45) is 0. The number of rotatable bonds is 8. The molecule has 7 heteroatoms. The molecule has 0 unspecified atom stereocenters. The van der Waals surface area contributed by atoms with E-state index in [1.807, 2.05) is 0 Å². The summed E-state index contributed by atoms with van der Waals surface area (Å²) in [4.78, 5) is 14.0. The molecule has 0 aliphatic heterocycles. The van der Waals surface area contributed by atoms with Crippen LogP contribution >= 0.6 is 0 Å². The lowest BCUT2D eigenvalue weighted by molar-refractivity contribution is 0.0628. The molecule has 0 saturated heterocycles. The summed E-state index contributed by atoms with van der Waals surface area (Å²) >= 11 is 0. The molecule has 0 atom stereocenters. The average Bonchev–Trinajstić information content (AvgIpc) is 2.46. The molecule has 1 aromatic carbocycles. The standard InChI is InChI=1S/C13H20FN3O3/c1-19-8-6-17(7-9-20-2)13(18)10-4-3-5-11(14)12(10)16-15/h3-5,16H,6-9,15H2,1-2H3. The van der Waals surface area contributed by atoms with Gasteiger partial charge < -0.3 is 19.8 Å². The first-order chi connectivity index (χ1) is 9.65. The Morgan fingerprint density at radius 3 is 2.40 bits per heavy atom. The first kappa shape index (κ1) is 16.4. The maximum atomic E-state index is 13.6. The summed E-state index contributed by atoms with van der Waals surface area (Å²) in [6.45, 7) is 1.55. The number of hydrazine groups is 1. The number of para-hydroxylation sites is 1. The van der Waals surface area contributed by atoms with Crippen LogP contribution in [0.1, 0.15) is 10.4 Å². The summed E-state index contributed by atoms with van der Waals surface area (Å²) in [5.74, 6) is 4.38. The number of methoxy groups -OCH3 is 2. The van der Waals surface area contributed by atoms with Gasteiger partial charge in [0.25, 0.3) is 5.91 Å². The van der Waals surface area contributed by atoms with Gasteiger partial charge in [0.2, 0.25) is 0 Å². The number of carbonyl (C=O) groups is 1. The van der Waals surface area contributed by atoms with Crippen molar-refractivity contribution < 1.29 is 18.7 Å². The zero-order chi connectivity index (χ0) is 15.0. The zero-order valence-electron chi connectivity index (χ0n) is 11.7. The third kappa shape index (κ3) is 4.16. The lowest BCUT2D eigenvalue weighted by Gasteiger charge is -2.23. The van der Waals surface area contributed by atoms with Crippen LogP contribution < -0.4 is 11.3 Å². The van der Waals surface area contributed by atoms with Crippen LogP contribution in [-0.4, -0.2) is 51.3 Å². The fourth-order valence-electron chi connectivity index (χ4n) is 1.74. The van der Waals surface area contributed by atoms with E-state index in [4.69, 9.17) is 15.3 Å². The molecule has 0 saturated carbocycles. The van der Waals surface area contributed by atoms with E-state index in [0.29, 0.717) is 26.3 Å². The molecule has 0 fully saturated rings. The zero-order valence-corrected chi connectivity index (χ0v) is 11.7. The largest absolute Gasteiger partial charge is 0.383 e. The van der Waals surface area contributed by atoms with Gasteiger partial charge in [-0.15, -0.1) is 0 Å². The van der Waals surface area contributed by atoms with Crippen LogP contribution in [0.5, 0.6) is 0 Å². The highest BCUT2D eigenvalue weighted by atomic mass is 19.1. The fraction of sp³-hybridized carbons (Fsp3) is 0.462. The van der Waals surface area contributed by atoms with Crippen LogP contribution in [0.2, 0.25) is 0 Å². The second kappa shape index (κ2) is 8.47. The Balaban J connectivity index is 2.95. The highest BCUT2D eigenvalue weighted by Gasteiger charge is 2.20. The molecule has 0 spiro atoms. The van der Waals surface area contributed by atoms with Gasteiger partial charge in [0, 0.05) is 27.3 Å². The summed E-state index contributed by atoms with van der Waals surface area (Å²) in [6, 6.07) is 4.22. The van der Waals surface area contributed by atoms with Crippen molar-refractivity contribution in [3.63, 3.8) is 0 Å². The van der Waals surface area contributed by atoms with Crippen LogP contribution in [0.15, 0.2) is 18.2 Å². The first-order valence-corrected chi connectivity index (χ1v) is 6.18. The Morgan fingerprint density at radius 2 is 1.90 bits per heavy atom. The molecule has 3 N–H and O–H groups in total. The van der Waals surface area contributed by atoms with Crippen molar-refractivity contribution >= 4 is 11.6 Å². The summed E-state index contributed by atoms with van der Waals surface area (Å²) < 4.78 is 23.6. The van der Waals surface area contributed by atoms with Crippen molar-refractivity contribution in [3.8, 4) is 0 Å². The van der Waals surface area contributed by atoms with Gasteiger partial charge in [-0.2, -0.15) is 0 Å². The molecule has 1 rings (SSSR count). The number of halogens is 1. The van der Waals surface area contributed by atoms with Gasteiger partial charge in [0.05, 0.1) is 24.5 Å². The lowest BCUT2D eigenvalue weighted by Crippen LogP contribution is -2.37. The van der Waals surface area contributed by atoms with Gasteiger partial charge in [0.1, 0.15) is 5.82 Å². The number of nitrogens with two attached hydrogens (primary N) is 1. The van der Waals surface area contributed by atoms with E-state index in [0.717, 1.165) is 0 Å². The second-order valence-electron chi connectivity index (χ2n) is 4.08. The molecule has 1 amide bonds. The summed E-state index contributed by atoms with van der Waals surface area (Å²) in [5.41, 5.74) is 2.39. The van der Waals surface area contributed by atoms with E-state index >= 15 is 0 Å². The minimum Gasteiger partial charge on any atom is -0.383 e. The maximum absolute atomic E-state index is 13.6. The number of benzene rings is 1. The van der Waals surface area contributed by atoms with Gasteiger partial charge in [-0.25, -0.2) is 4.39 Å². The lowest BCUT2D eigenvalue weighted by atomic mass is 10.1. The number of amides is 1. The highest BCUT2D eigenvalue weighted by Crippen LogP contribution is 2.20. The quantitative estimate of drug-likeness (QED) is 0.547. The van der Waals surface area contributed by atoms with Crippen LogP contribution in [0.3, 0.4) is 0 Å². The van der Waals surface area contributed by atoms with Crippen molar-refractivity contribution in [1.29, 1.82) is 0 Å². The minimum atomic E-state index is -0.572. The number of hydrogen-bond acceptors (Lipinski definition) is 5. The predicted molar refractivity (Wildman–Crippen MR) is 73.9 cm³/mol. The van der Waals surface area contributed by atoms with E-state index in [-0.39, 0.29) is 17.2 Å². The number of hydrogen-bond donors (Lipinski definition) is 2. The molecule has 112 valence electrons. The molecule has 0 aromatic heterocycles. The molecule has 0 aliphatic carbocycles. The van der Waals surface area contributed by atoms with E-state index in [1.54, 1.807) is 14.2 Å². The summed E-state index contributed by atoms with van der Waals surface area (Å²) in [5, 5.41) is 0. The van der Waals surface area contributed by atoms with Crippen LogP contribution in [0.4, 0.5) is 10.1 Å². The van der Waals surface area contributed by atoms with Crippen LogP contribution in [0, 0.1) is 5.82 Å². The number of nitrogens with one attached hydrogen (secondary N) is 1. The number of anilines is 1. The van der Waals surface area contributed by atoms with Crippen molar-refractivity contribution in [2.24, 2.45) is 5.84 Å². The third-order valence-corrected chi connectivity index (χ3v) is 2.81. The molecule has 6 nitrogen and oxygen atoms in total. The van der Waals surface area contributed by atoms with Gasteiger partial charge in [0.15, 0.2) is 0 Å². The highest BCUT2D eigenvalue weighted by molar-refractivity contribution is 5.99. The smallest absolute Gasteiger partial charge is 0.256 e. The van der Waals surface area contributed by atoms with Gasteiger partial charge in [-0.1, -0.05) is 6.07 Å². The number of carbonyl (C=O) groups excluding carboxylic acids is 1. The molecule has 1 aromatic rings. The Labute approximate surface area is 117 Å². The Bertz CT molecular complexity index is 435. The van der Waals surface area contributed by atoms with Crippen molar-refractivity contribution in [3.05, 3.63) is 29.6 Å². The van der Waals surface area contributed by atoms with E-state index in [2.05, 4.69) is 5.43 Å². The first-order valence-electron chi connectivity index (χ1n) is 6.18. The fourth-order valence-corrected chi connectivity index (χ4v) is 1.74. The van der Waals surface area contributed by atoms with Crippen LogP contribution in [0.25, 0.3) is 0 Å². The van der Waals surface area contributed by atoms with E-state index < -0.39 is 5.82 Å². The number of nitrogens with zero attached hydrogens (tertiary/aromatic N) is 1. The summed E-state index contributed by atoms with van der Waals surface area (Å²) in [7, 11) is 3.10. The van der Waals surface area contributed by atoms with Crippen LogP contribution in [-0.2, 0) is 9.47 Å². The predicted octanol–water partition coefficient (Wildman–Crippen LogP) is 0.846. The molecule has 0 radical (unpaired) electrons. The SMILES string of the molecule is COCCN(CCOC)C(=O)c1cccc(F)c1NN. The van der Waals surface area contributed by atoms with Crippen molar-refractivity contribution in [2.45, 2.75) is 0 Å². The maximum Gasteiger partial charge on any atom is 0.256 e. The van der Waals surface area contributed by atoms with E-state index in [1.165, 1.54) is 23.1 Å². The monoisotopic (exact) mass is 285 g/mol. The molecule has 0 aliphatic rings. The van der Waals surface area contributed by atoms with Crippen molar-refractivity contribution in [1.82, 2.24) is 4.90 Å². The Hall–Kier alpha value is -1.70. The van der Waals surface area contributed by atoms with Crippen molar-refractivity contribution in [2.75, 3.05) is 45.9 Å². The Morgan fingerprint density at radius 1 is 1.30 bits per heavy atom. The molecule has 0 heterocycles. The average molecular weight is 285 g/mol. The molecule has 20 heavy (non-hydrogen) atoms. The molecule has 0 bridgehead atoms. The minimum absolute atomic E-state index is 0.0164. The molecular formula is C13H20FN3O3. The van der Waals surface area contributed by atoms with Gasteiger partial charge in [-0.3, -0.25) is 10.6 Å².